The second-order valence-electron chi connectivity index (χ2n) is 6.67. The first-order valence-electron chi connectivity index (χ1n) is 8.62. The van der Waals surface area contributed by atoms with Crippen LogP contribution in [-0.4, -0.2) is 24.0 Å². The maximum atomic E-state index is 6.20. The minimum atomic E-state index is 0.373. The van der Waals surface area contributed by atoms with E-state index in [1.54, 1.807) is 0 Å². The molecule has 1 saturated carbocycles. The second kappa shape index (κ2) is 7.42. The summed E-state index contributed by atoms with van der Waals surface area (Å²) in [6.45, 7) is 10.7. The fourth-order valence-corrected chi connectivity index (χ4v) is 3.93. The molecule has 1 unspecified atom stereocenters. The first kappa shape index (κ1) is 16.5. The molecule has 2 N–H and O–H groups in total. The highest BCUT2D eigenvalue weighted by molar-refractivity contribution is 5.38. The van der Waals surface area contributed by atoms with Crippen LogP contribution in [0.25, 0.3) is 0 Å². The first-order valence-corrected chi connectivity index (χ1v) is 8.62. The third kappa shape index (κ3) is 3.67. The van der Waals surface area contributed by atoms with E-state index in [0.29, 0.717) is 12.6 Å². The summed E-state index contributed by atoms with van der Waals surface area (Å²) >= 11 is 0. The number of benzene rings is 1. The molecular weight excluding hydrogens is 256 g/mol. The van der Waals surface area contributed by atoms with Crippen LogP contribution in [0.3, 0.4) is 0 Å². The lowest BCUT2D eigenvalue weighted by Crippen LogP contribution is -2.42. The van der Waals surface area contributed by atoms with E-state index in [1.165, 1.54) is 54.4 Å². The van der Waals surface area contributed by atoms with E-state index in [4.69, 9.17) is 5.73 Å². The van der Waals surface area contributed by atoms with Crippen LogP contribution >= 0.6 is 0 Å². The lowest BCUT2D eigenvalue weighted by molar-refractivity contribution is 0.113. The van der Waals surface area contributed by atoms with Gasteiger partial charge in [0.2, 0.25) is 0 Å². The Hall–Kier alpha value is -0.860. The predicted octanol–water partition coefficient (Wildman–Crippen LogP) is 4.27. The Morgan fingerprint density at radius 2 is 1.67 bits per heavy atom. The van der Waals surface area contributed by atoms with Gasteiger partial charge in [-0.05, 0) is 62.4 Å². The van der Waals surface area contributed by atoms with Crippen molar-refractivity contribution in [3.8, 4) is 0 Å². The summed E-state index contributed by atoms with van der Waals surface area (Å²) in [5.74, 6) is 0. The Bertz CT molecular complexity index is 461. The fraction of sp³-hybridized carbons (Fsp3) is 0.684. The summed E-state index contributed by atoms with van der Waals surface area (Å²) in [4.78, 5) is 2.66. The molecule has 1 atom stereocenters. The molecule has 0 bridgehead atoms. The fourth-order valence-electron chi connectivity index (χ4n) is 3.93. The number of aryl methyl sites for hydroxylation is 3. The van der Waals surface area contributed by atoms with Crippen molar-refractivity contribution in [1.82, 2.24) is 4.90 Å². The lowest BCUT2D eigenvalue weighted by atomic mass is 9.90. The van der Waals surface area contributed by atoms with Crippen molar-refractivity contribution in [2.45, 2.75) is 71.9 Å². The molecule has 0 spiro atoms. The molecule has 0 saturated heterocycles. The molecule has 118 valence electrons. The normalized spacial score (nSPS) is 18.2. The molecule has 1 aliphatic rings. The summed E-state index contributed by atoms with van der Waals surface area (Å²) in [6, 6.07) is 5.78. The van der Waals surface area contributed by atoms with Gasteiger partial charge in [0.1, 0.15) is 0 Å². The van der Waals surface area contributed by atoms with Gasteiger partial charge in [-0.1, -0.05) is 38.3 Å². The van der Waals surface area contributed by atoms with Gasteiger partial charge in [-0.15, -0.1) is 0 Å². The predicted molar refractivity (Wildman–Crippen MR) is 91.7 cm³/mol. The average Bonchev–Trinajstić information content (AvgIpc) is 2.50. The highest BCUT2D eigenvalue weighted by atomic mass is 15.2. The summed E-state index contributed by atoms with van der Waals surface area (Å²) in [5, 5.41) is 0. The zero-order chi connectivity index (χ0) is 15.4. The zero-order valence-electron chi connectivity index (χ0n) is 14.3. The van der Waals surface area contributed by atoms with E-state index in [-0.39, 0.29) is 0 Å². The molecule has 0 amide bonds. The minimum Gasteiger partial charge on any atom is -0.329 e. The average molecular weight is 288 g/mol. The number of rotatable bonds is 5. The number of hydrogen-bond acceptors (Lipinski definition) is 2. The zero-order valence-corrected chi connectivity index (χ0v) is 14.3. The molecule has 0 aliphatic heterocycles. The summed E-state index contributed by atoms with van der Waals surface area (Å²) in [7, 11) is 0. The Morgan fingerprint density at radius 1 is 1.05 bits per heavy atom. The van der Waals surface area contributed by atoms with Crippen LogP contribution in [-0.2, 0) is 0 Å². The van der Waals surface area contributed by atoms with Gasteiger partial charge >= 0.3 is 0 Å². The van der Waals surface area contributed by atoms with Gasteiger partial charge in [0.05, 0.1) is 0 Å². The number of nitrogens with two attached hydrogens (primary N) is 1. The van der Waals surface area contributed by atoms with Gasteiger partial charge in [0.25, 0.3) is 0 Å². The van der Waals surface area contributed by atoms with Crippen molar-refractivity contribution < 1.29 is 0 Å². The second-order valence-corrected chi connectivity index (χ2v) is 6.67. The van der Waals surface area contributed by atoms with Crippen molar-refractivity contribution in [1.29, 1.82) is 0 Å². The first-order chi connectivity index (χ1) is 10.1. The molecule has 1 aliphatic carbocycles. The molecule has 2 rings (SSSR count). The highest BCUT2D eigenvalue weighted by Gasteiger charge is 2.27. The largest absolute Gasteiger partial charge is 0.329 e. The van der Waals surface area contributed by atoms with Gasteiger partial charge in [-0.3, -0.25) is 4.90 Å². The van der Waals surface area contributed by atoms with Crippen LogP contribution in [0.4, 0.5) is 0 Å². The Balaban J connectivity index is 2.30. The summed E-state index contributed by atoms with van der Waals surface area (Å²) in [5.41, 5.74) is 11.8. The molecule has 2 heteroatoms. The van der Waals surface area contributed by atoms with Crippen LogP contribution in [0.15, 0.2) is 12.1 Å². The van der Waals surface area contributed by atoms with Crippen molar-refractivity contribution in [2.75, 3.05) is 13.1 Å². The molecule has 2 nitrogen and oxygen atoms in total. The Kier molecular flexibility index (Phi) is 5.83. The number of nitrogens with zero attached hydrogens (tertiary/aromatic N) is 1. The Labute approximate surface area is 130 Å². The van der Waals surface area contributed by atoms with E-state index in [9.17, 15) is 0 Å². The molecule has 0 heterocycles. The lowest BCUT2D eigenvalue weighted by Gasteiger charge is -2.40. The van der Waals surface area contributed by atoms with Crippen LogP contribution in [0, 0.1) is 20.8 Å². The molecule has 1 aromatic carbocycles. The Morgan fingerprint density at radius 3 is 2.24 bits per heavy atom. The molecule has 0 aromatic heterocycles. The van der Waals surface area contributed by atoms with Gasteiger partial charge in [-0.25, -0.2) is 0 Å². The molecular formula is C19H32N2. The van der Waals surface area contributed by atoms with Crippen LogP contribution < -0.4 is 5.73 Å². The van der Waals surface area contributed by atoms with Crippen LogP contribution in [0.1, 0.15) is 67.3 Å². The highest BCUT2D eigenvalue weighted by Crippen LogP contribution is 2.32. The van der Waals surface area contributed by atoms with E-state index in [0.717, 1.165) is 12.6 Å². The smallest absolute Gasteiger partial charge is 0.0475 e. The maximum absolute atomic E-state index is 6.20. The summed E-state index contributed by atoms with van der Waals surface area (Å²) in [6.07, 6.45) is 6.85. The van der Waals surface area contributed by atoms with E-state index >= 15 is 0 Å². The van der Waals surface area contributed by atoms with E-state index < -0.39 is 0 Å². The van der Waals surface area contributed by atoms with Gasteiger partial charge < -0.3 is 5.73 Å². The van der Waals surface area contributed by atoms with Gasteiger partial charge in [0, 0.05) is 18.6 Å². The van der Waals surface area contributed by atoms with Crippen LogP contribution in [0.2, 0.25) is 0 Å². The third-order valence-corrected chi connectivity index (χ3v) is 5.27. The summed E-state index contributed by atoms with van der Waals surface area (Å²) < 4.78 is 0. The van der Waals surface area contributed by atoms with Gasteiger partial charge in [0.15, 0.2) is 0 Å². The van der Waals surface area contributed by atoms with Crippen molar-refractivity contribution >= 4 is 0 Å². The van der Waals surface area contributed by atoms with E-state index in [1.807, 2.05) is 0 Å². The minimum absolute atomic E-state index is 0.373. The molecule has 21 heavy (non-hydrogen) atoms. The molecule has 1 fully saturated rings. The van der Waals surface area contributed by atoms with Crippen molar-refractivity contribution in [3.63, 3.8) is 0 Å². The monoisotopic (exact) mass is 288 g/mol. The number of likely N-dealkylation sites (N-methyl/N-ethyl adjacent to an activating group) is 1. The topological polar surface area (TPSA) is 29.3 Å². The quantitative estimate of drug-likeness (QED) is 0.877. The van der Waals surface area contributed by atoms with Gasteiger partial charge in [-0.2, -0.15) is 0 Å². The third-order valence-electron chi connectivity index (χ3n) is 5.27. The standard InChI is InChI=1S/C19H32N2/c1-5-21(17-9-7-6-8-10-17)19(13-20)18-12-15(3)14(2)11-16(18)4/h11-12,17,19H,5-10,13,20H2,1-4H3. The SMILES string of the molecule is CCN(C1CCCCC1)C(CN)c1cc(C)c(C)cc1C. The van der Waals surface area contributed by atoms with E-state index in [2.05, 4.69) is 44.7 Å². The van der Waals surface area contributed by atoms with Crippen molar-refractivity contribution in [2.24, 2.45) is 5.73 Å². The maximum Gasteiger partial charge on any atom is 0.0475 e. The van der Waals surface area contributed by atoms with Crippen LogP contribution in [0.5, 0.6) is 0 Å². The molecule has 1 aromatic rings. The van der Waals surface area contributed by atoms with Crippen molar-refractivity contribution in [3.05, 3.63) is 34.4 Å². The molecule has 0 radical (unpaired) electrons. The number of hydrogen-bond donors (Lipinski definition) is 1.